The van der Waals surface area contributed by atoms with E-state index in [-0.39, 0.29) is 29.1 Å². The van der Waals surface area contributed by atoms with E-state index in [9.17, 15) is 71.5 Å². The number of aliphatic hydroxyl groups is 14. The Balaban J connectivity index is 0.908. The van der Waals surface area contributed by atoms with Gasteiger partial charge in [0.05, 0.1) is 43.5 Å². The molecule has 0 aromatic carbocycles. The van der Waals surface area contributed by atoms with E-state index in [0.717, 1.165) is 18.4 Å². The molecule has 0 amide bonds. The van der Waals surface area contributed by atoms with Gasteiger partial charge in [0.15, 0.2) is 18.9 Å². The summed E-state index contributed by atoms with van der Waals surface area (Å²) in [7, 11) is 0. The molecule has 31 atom stereocenters. The minimum Gasteiger partial charge on any atom is -0.432 e. The molecule has 0 aromatic rings. The van der Waals surface area contributed by atoms with Crippen molar-refractivity contribution < 1.29 is 114 Å². The van der Waals surface area contributed by atoms with Gasteiger partial charge in [-0.05, 0) is 122 Å². The van der Waals surface area contributed by atoms with Crippen LogP contribution in [0.25, 0.3) is 0 Å². The molecule has 9 aliphatic rings. The number of allylic oxidation sites excluding steroid dienone is 1. The van der Waals surface area contributed by atoms with Gasteiger partial charge in [-0.15, -0.1) is 0 Å². The number of carbonyl (C=O) groups is 1. The van der Waals surface area contributed by atoms with Crippen LogP contribution in [0.1, 0.15) is 113 Å². The van der Waals surface area contributed by atoms with Crippen molar-refractivity contribution in [3.05, 3.63) is 12.2 Å². The number of hydrogen-bond donors (Lipinski definition) is 14. The van der Waals surface area contributed by atoms with Crippen molar-refractivity contribution in [3.8, 4) is 0 Å². The molecule has 9 rings (SSSR count). The van der Waals surface area contributed by atoms with Gasteiger partial charge in [-0.25, -0.2) is 0 Å². The maximum Gasteiger partial charge on any atom is 0.315 e. The first kappa shape index (κ1) is 60.9. The van der Waals surface area contributed by atoms with E-state index < -0.39 is 188 Å². The zero-order valence-electron chi connectivity index (χ0n) is 46.1. The summed E-state index contributed by atoms with van der Waals surface area (Å²) in [6, 6.07) is 0. The van der Waals surface area contributed by atoms with Gasteiger partial charge in [-0.3, -0.25) is 4.79 Å². The van der Waals surface area contributed by atoms with Gasteiger partial charge in [0, 0.05) is 0 Å². The van der Waals surface area contributed by atoms with Crippen molar-refractivity contribution in [2.45, 2.75) is 248 Å². The highest BCUT2D eigenvalue weighted by molar-refractivity contribution is 5.79. The standard InChI is InChI=1S/C55H90O23/c1-22(2)24-10-15-55(49(70)78-48-41(68)37(64)34(61)28(75-48)21-71-45-42(69)38(65)43(27(20-57)74-45)77-46-39(66)35(62)32(59)23(3)72-46)17-16-52(7)30(54(24,55)9)18-25(58)44-51(6)13-12-31(50(4,5)29(51)11-14-53(44,52)8)76-47-40(67)36(63)33(60)26(19-56)73-47/h23-48,56-69H,1,10-21H2,2-9H3/t23-,24-,25+,26+,27+,28+,29-,30-,31+,32-,33+,34+,35+,36-,37-,38+,39+,40+,41+,42+,43+,44+,45+,46-,47-,48-,51-,52+,53+,54+,55+/m0/s1. The van der Waals surface area contributed by atoms with Crippen LogP contribution in [0.2, 0.25) is 0 Å². The lowest BCUT2D eigenvalue weighted by molar-refractivity contribution is -0.362. The Hall–Kier alpha value is -1.63. The highest BCUT2D eigenvalue weighted by atomic mass is 16.8. The van der Waals surface area contributed by atoms with Crippen LogP contribution in [-0.2, 0) is 42.7 Å². The summed E-state index contributed by atoms with van der Waals surface area (Å²) in [5, 5.41) is 152. The van der Waals surface area contributed by atoms with E-state index in [1.807, 2.05) is 6.92 Å². The second-order valence-corrected chi connectivity index (χ2v) is 26.5. The normalized spacial score (nSPS) is 55.9. The van der Waals surface area contributed by atoms with Crippen LogP contribution in [-0.4, -0.2) is 232 Å². The molecule has 9 fully saturated rings. The predicted octanol–water partition coefficient (Wildman–Crippen LogP) is -1.79. The van der Waals surface area contributed by atoms with E-state index in [4.69, 9.17) is 37.9 Å². The minimum atomic E-state index is -1.92. The van der Waals surface area contributed by atoms with Crippen molar-refractivity contribution in [1.82, 2.24) is 0 Å². The Morgan fingerprint density at radius 3 is 1.76 bits per heavy atom. The van der Waals surface area contributed by atoms with Crippen molar-refractivity contribution in [1.29, 1.82) is 0 Å². The van der Waals surface area contributed by atoms with Crippen LogP contribution < -0.4 is 0 Å². The molecule has 14 N–H and O–H groups in total. The monoisotopic (exact) mass is 1120 g/mol. The molecule has 448 valence electrons. The molecule has 4 aliphatic heterocycles. The number of ether oxygens (including phenoxy) is 8. The van der Waals surface area contributed by atoms with Gasteiger partial charge >= 0.3 is 5.97 Å². The Morgan fingerprint density at radius 1 is 0.564 bits per heavy atom. The number of rotatable bonds is 12. The first-order chi connectivity index (χ1) is 36.4. The van der Waals surface area contributed by atoms with Crippen LogP contribution in [0.15, 0.2) is 12.2 Å². The molecule has 5 saturated carbocycles. The summed E-state index contributed by atoms with van der Waals surface area (Å²) >= 11 is 0. The molecule has 78 heavy (non-hydrogen) atoms. The van der Waals surface area contributed by atoms with E-state index in [1.54, 1.807) is 0 Å². The lowest BCUT2D eigenvalue weighted by atomic mass is 9.29. The molecule has 23 nitrogen and oxygen atoms in total. The fraction of sp³-hybridized carbons (Fsp3) is 0.945. The highest BCUT2D eigenvalue weighted by Gasteiger charge is 2.78. The van der Waals surface area contributed by atoms with Crippen molar-refractivity contribution >= 4 is 5.97 Å². The third-order valence-electron chi connectivity index (χ3n) is 22.5. The Labute approximate surface area is 455 Å². The molecule has 0 aromatic heterocycles. The first-order valence-corrected chi connectivity index (χ1v) is 28.2. The fourth-order valence-electron chi connectivity index (χ4n) is 18.1. The van der Waals surface area contributed by atoms with Gasteiger partial charge in [-0.2, -0.15) is 0 Å². The SMILES string of the molecule is C=C(C)[C@@H]1CC[C@]2(C(=O)O[C@@H]3O[C@H](CO[C@@H]4O[C@H](CO)[C@@H](O[C@@H]5O[C@@H](C)[C@H](O)[C@@H](O)[C@H]5O)[C@H](O)[C@H]4O)[C@@H](O)[C@H](O)[C@H]3O)CC[C@]3(C)[C@H](C[C@@H](O)[C@@H]4[C@@]5(C)CC[C@@H](O[C@@H]6O[C@H](CO)[C@@H](O)[C@H](O)[C@H]6O)C(C)(C)[C@@H]5CC[C@]43C)[C@@]12C. The van der Waals surface area contributed by atoms with Gasteiger partial charge in [0.25, 0.3) is 0 Å². The van der Waals surface area contributed by atoms with E-state index in [1.165, 1.54) is 6.92 Å². The highest BCUT2D eigenvalue weighted by Crippen LogP contribution is 2.81. The summed E-state index contributed by atoms with van der Waals surface area (Å²) in [5.74, 6) is -1.21. The van der Waals surface area contributed by atoms with Gasteiger partial charge in [0.1, 0.15) is 91.6 Å². The Kier molecular flexibility index (Phi) is 17.0. The fourth-order valence-corrected chi connectivity index (χ4v) is 18.1. The Morgan fingerprint density at radius 2 is 1.13 bits per heavy atom. The van der Waals surface area contributed by atoms with Crippen LogP contribution in [0.4, 0.5) is 0 Å². The smallest absolute Gasteiger partial charge is 0.315 e. The average molecular weight is 1120 g/mol. The maximum atomic E-state index is 15.4. The zero-order chi connectivity index (χ0) is 57.3. The number of fused-ring (bicyclic) bond motifs is 7. The number of carbonyl (C=O) groups excluding carboxylic acids is 1. The predicted molar refractivity (Wildman–Crippen MR) is 267 cm³/mol. The number of aliphatic hydroxyl groups excluding tert-OH is 14. The van der Waals surface area contributed by atoms with E-state index in [2.05, 4.69) is 48.1 Å². The average Bonchev–Trinajstić information content (AvgIpc) is 1.86. The Bertz CT molecular complexity index is 2150. The molecule has 5 aliphatic carbocycles. The third-order valence-corrected chi connectivity index (χ3v) is 22.5. The molecule has 4 heterocycles. The van der Waals surface area contributed by atoms with Gasteiger partial charge in [-0.1, -0.05) is 53.7 Å². The second-order valence-electron chi connectivity index (χ2n) is 26.5. The first-order valence-electron chi connectivity index (χ1n) is 28.2. The molecule has 0 unspecified atom stereocenters. The zero-order valence-corrected chi connectivity index (χ0v) is 46.1. The summed E-state index contributed by atoms with van der Waals surface area (Å²) < 4.78 is 47.2. The van der Waals surface area contributed by atoms with Crippen LogP contribution in [0.5, 0.6) is 0 Å². The van der Waals surface area contributed by atoms with Gasteiger partial charge in [0.2, 0.25) is 6.29 Å². The molecule has 23 heteroatoms. The molecule has 0 radical (unpaired) electrons. The minimum absolute atomic E-state index is 0.0425. The topological polar surface area (TPSA) is 374 Å². The lowest BCUT2D eigenvalue weighted by Gasteiger charge is -2.75. The summed E-state index contributed by atoms with van der Waals surface area (Å²) in [5.41, 5.74) is -2.89. The van der Waals surface area contributed by atoms with Crippen molar-refractivity contribution in [2.75, 3.05) is 19.8 Å². The second kappa shape index (κ2) is 21.8. The molecule has 0 spiro atoms. The van der Waals surface area contributed by atoms with Gasteiger partial charge < -0.3 is 109 Å². The van der Waals surface area contributed by atoms with Crippen LogP contribution in [0.3, 0.4) is 0 Å². The van der Waals surface area contributed by atoms with Crippen molar-refractivity contribution in [2.24, 2.45) is 56.2 Å². The number of hydrogen-bond acceptors (Lipinski definition) is 23. The molecular formula is C55H90O23. The lowest BCUT2D eigenvalue weighted by Crippen LogP contribution is -2.72. The maximum absolute atomic E-state index is 15.4. The summed E-state index contributed by atoms with van der Waals surface area (Å²) in [6.45, 7) is 19.1. The van der Waals surface area contributed by atoms with E-state index >= 15 is 4.79 Å². The summed E-state index contributed by atoms with van der Waals surface area (Å²) in [6.07, 6.45) is -28.0. The van der Waals surface area contributed by atoms with Crippen LogP contribution >= 0.6 is 0 Å². The summed E-state index contributed by atoms with van der Waals surface area (Å²) in [4.78, 5) is 15.4. The number of esters is 1. The van der Waals surface area contributed by atoms with Crippen molar-refractivity contribution in [3.63, 3.8) is 0 Å². The van der Waals surface area contributed by atoms with Crippen LogP contribution in [0, 0.1) is 56.2 Å². The quantitative estimate of drug-likeness (QED) is 0.0583. The molecule has 0 bridgehead atoms. The molecular weight excluding hydrogens is 1030 g/mol. The molecule has 4 saturated heterocycles. The van der Waals surface area contributed by atoms with E-state index in [0.29, 0.717) is 44.9 Å². The third kappa shape index (κ3) is 9.22. The largest absolute Gasteiger partial charge is 0.432 e.